The van der Waals surface area contributed by atoms with Crippen LogP contribution < -0.4 is 16.0 Å². The zero-order valence-corrected chi connectivity index (χ0v) is 16.3. The van der Waals surface area contributed by atoms with E-state index in [1.54, 1.807) is 11.4 Å². The number of urea groups is 1. The minimum absolute atomic E-state index is 0.0219. The maximum Gasteiger partial charge on any atom is 0.404 e. The summed E-state index contributed by atoms with van der Waals surface area (Å²) < 4.78 is 0. The lowest BCUT2D eigenvalue weighted by atomic mass is 9.94. The minimum atomic E-state index is -1.14. The standard InChI is InChI=1S/C19H22N4O4S/c1-11-6-7-15(14(8-11)16(24)12-4-2-3-5-12)22-17(25)23-18-21-13(10-28-18)9-20-19(26)27/h6-8,10,12,20H,2-5,9H2,1H3,(H,26,27)(H2,21,22,23,25). The van der Waals surface area contributed by atoms with Crippen LogP contribution in [0.4, 0.5) is 20.4 Å². The van der Waals surface area contributed by atoms with Gasteiger partial charge in [-0.3, -0.25) is 10.1 Å². The quantitative estimate of drug-likeness (QED) is 0.539. The van der Waals surface area contributed by atoms with Crippen LogP contribution in [0, 0.1) is 12.8 Å². The molecular weight excluding hydrogens is 380 g/mol. The topological polar surface area (TPSA) is 120 Å². The van der Waals surface area contributed by atoms with Crippen molar-refractivity contribution < 1.29 is 19.5 Å². The fraction of sp³-hybridized carbons (Fsp3) is 0.368. The molecule has 1 aromatic carbocycles. The van der Waals surface area contributed by atoms with Gasteiger partial charge in [-0.15, -0.1) is 11.3 Å². The van der Waals surface area contributed by atoms with Crippen molar-refractivity contribution >= 4 is 40.1 Å². The summed E-state index contributed by atoms with van der Waals surface area (Å²) in [6, 6.07) is 4.90. The van der Waals surface area contributed by atoms with Crippen LogP contribution >= 0.6 is 11.3 Å². The van der Waals surface area contributed by atoms with Gasteiger partial charge < -0.3 is 15.7 Å². The van der Waals surface area contributed by atoms with E-state index in [1.165, 1.54) is 11.3 Å². The lowest BCUT2D eigenvalue weighted by Crippen LogP contribution is -2.22. The number of aromatic nitrogens is 1. The normalized spacial score (nSPS) is 13.9. The third-order valence-corrected chi connectivity index (χ3v) is 5.41. The van der Waals surface area contributed by atoms with Crippen molar-refractivity contribution in [3.8, 4) is 0 Å². The number of carboxylic acid groups (broad SMARTS) is 1. The number of nitrogens with zero attached hydrogens (tertiary/aromatic N) is 1. The van der Waals surface area contributed by atoms with Gasteiger partial charge in [0.25, 0.3) is 0 Å². The molecule has 148 valence electrons. The average molecular weight is 402 g/mol. The van der Waals surface area contributed by atoms with Crippen LogP contribution in [0.25, 0.3) is 0 Å². The molecule has 1 aliphatic rings. The van der Waals surface area contributed by atoms with Crippen LogP contribution in [-0.4, -0.2) is 28.0 Å². The maximum absolute atomic E-state index is 12.9. The second kappa shape index (κ2) is 8.83. The number of carbonyl (C=O) groups is 3. The molecule has 0 unspecified atom stereocenters. The Morgan fingerprint density at radius 1 is 1.21 bits per heavy atom. The molecule has 1 fully saturated rings. The van der Waals surface area contributed by atoms with Gasteiger partial charge >= 0.3 is 12.1 Å². The summed E-state index contributed by atoms with van der Waals surface area (Å²) in [6.45, 7) is 1.98. The first kappa shape index (κ1) is 19.8. The van der Waals surface area contributed by atoms with Crippen LogP contribution in [0.5, 0.6) is 0 Å². The van der Waals surface area contributed by atoms with E-state index in [4.69, 9.17) is 5.11 Å². The van der Waals surface area contributed by atoms with E-state index in [-0.39, 0.29) is 18.2 Å². The van der Waals surface area contributed by atoms with Gasteiger partial charge in [0.2, 0.25) is 0 Å². The number of benzene rings is 1. The molecule has 1 saturated carbocycles. The van der Waals surface area contributed by atoms with Crippen molar-refractivity contribution in [2.24, 2.45) is 5.92 Å². The van der Waals surface area contributed by atoms with E-state index in [0.717, 1.165) is 31.2 Å². The van der Waals surface area contributed by atoms with Gasteiger partial charge in [0, 0.05) is 16.9 Å². The van der Waals surface area contributed by atoms with Crippen molar-refractivity contribution in [3.05, 3.63) is 40.4 Å². The summed E-state index contributed by atoms with van der Waals surface area (Å²) >= 11 is 1.19. The Balaban J connectivity index is 1.67. The Morgan fingerprint density at radius 3 is 2.68 bits per heavy atom. The van der Waals surface area contributed by atoms with E-state index in [1.807, 2.05) is 19.1 Å². The molecule has 1 heterocycles. The number of ketones is 1. The first-order valence-corrected chi connectivity index (χ1v) is 9.94. The number of aryl methyl sites for hydroxylation is 1. The molecule has 0 bridgehead atoms. The summed E-state index contributed by atoms with van der Waals surface area (Å²) in [4.78, 5) is 39.9. The predicted molar refractivity (Wildman–Crippen MR) is 107 cm³/mol. The highest BCUT2D eigenvalue weighted by molar-refractivity contribution is 7.13. The Labute approximate surface area is 166 Å². The van der Waals surface area contributed by atoms with Crippen LogP contribution in [0.3, 0.4) is 0 Å². The van der Waals surface area contributed by atoms with Gasteiger partial charge in [-0.2, -0.15) is 0 Å². The van der Waals surface area contributed by atoms with Gasteiger partial charge in [-0.25, -0.2) is 14.6 Å². The molecule has 0 aliphatic heterocycles. The number of thiazole rings is 1. The molecule has 1 aliphatic carbocycles. The molecule has 0 saturated heterocycles. The first-order chi connectivity index (χ1) is 13.4. The summed E-state index contributed by atoms with van der Waals surface area (Å²) in [5, 5.41) is 18.2. The summed E-state index contributed by atoms with van der Waals surface area (Å²) in [5.74, 6) is 0.0986. The molecule has 4 N–H and O–H groups in total. The Kier molecular flexibility index (Phi) is 6.25. The van der Waals surface area contributed by atoms with Gasteiger partial charge in [-0.05, 0) is 31.9 Å². The number of amides is 3. The SMILES string of the molecule is Cc1ccc(NC(=O)Nc2nc(CNC(=O)O)cs2)c(C(=O)C2CCCC2)c1. The molecule has 0 radical (unpaired) electrons. The lowest BCUT2D eigenvalue weighted by molar-refractivity contribution is 0.0923. The van der Waals surface area contributed by atoms with E-state index < -0.39 is 12.1 Å². The van der Waals surface area contributed by atoms with E-state index in [0.29, 0.717) is 22.1 Å². The average Bonchev–Trinajstić information content (AvgIpc) is 3.33. The number of nitrogens with one attached hydrogen (secondary N) is 3. The Morgan fingerprint density at radius 2 is 1.96 bits per heavy atom. The zero-order valence-electron chi connectivity index (χ0n) is 15.4. The number of Topliss-reactive ketones (excluding diaryl/α,β-unsaturated/α-hetero) is 1. The zero-order chi connectivity index (χ0) is 20.1. The van der Waals surface area contributed by atoms with Crippen molar-refractivity contribution in [1.29, 1.82) is 0 Å². The monoisotopic (exact) mass is 402 g/mol. The van der Waals surface area contributed by atoms with Crippen LogP contribution in [0.1, 0.15) is 47.3 Å². The molecule has 0 spiro atoms. The van der Waals surface area contributed by atoms with Crippen LogP contribution in [0.15, 0.2) is 23.6 Å². The van der Waals surface area contributed by atoms with Crippen molar-refractivity contribution in [3.63, 3.8) is 0 Å². The number of hydrogen-bond acceptors (Lipinski definition) is 5. The second-order valence-electron chi connectivity index (χ2n) is 6.78. The number of carbonyl (C=O) groups excluding carboxylic acids is 2. The number of anilines is 2. The van der Waals surface area contributed by atoms with Crippen LogP contribution in [0.2, 0.25) is 0 Å². The molecule has 28 heavy (non-hydrogen) atoms. The highest BCUT2D eigenvalue weighted by Crippen LogP contribution is 2.31. The minimum Gasteiger partial charge on any atom is -0.465 e. The fourth-order valence-electron chi connectivity index (χ4n) is 3.24. The van der Waals surface area contributed by atoms with E-state index in [9.17, 15) is 14.4 Å². The molecule has 1 aromatic heterocycles. The Hall–Kier alpha value is -2.94. The number of rotatable bonds is 6. The van der Waals surface area contributed by atoms with Crippen molar-refractivity contribution in [2.45, 2.75) is 39.2 Å². The largest absolute Gasteiger partial charge is 0.465 e. The predicted octanol–water partition coefficient (Wildman–Crippen LogP) is 4.24. The molecule has 8 nitrogen and oxygen atoms in total. The number of hydrogen-bond donors (Lipinski definition) is 4. The smallest absolute Gasteiger partial charge is 0.404 e. The lowest BCUT2D eigenvalue weighted by Gasteiger charge is -2.14. The van der Waals surface area contributed by atoms with Crippen molar-refractivity contribution in [1.82, 2.24) is 10.3 Å². The molecular formula is C19H22N4O4S. The van der Waals surface area contributed by atoms with E-state index in [2.05, 4.69) is 20.9 Å². The van der Waals surface area contributed by atoms with Gasteiger partial charge in [0.05, 0.1) is 17.9 Å². The maximum atomic E-state index is 12.9. The third-order valence-electron chi connectivity index (χ3n) is 4.61. The molecule has 9 heteroatoms. The summed E-state index contributed by atoms with van der Waals surface area (Å²) in [5.41, 5.74) is 2.48. The summed E-state index contributed by atoms with van der Waals surface area (Å²) in [7, 11) is 0. The highest BCUT2D eigenvalue weighted by Gasteiger charge is 2.26. The Bertz CT molecular complexity index is 890. The van der Waals surface area contributed by atoms with Gasteiger partial charge in [0.15, 0.2) is 10.9 Å². The second-order valence-corrected chi connectivity index (χ2v) is 7.63. The third kappa shape index (κ3) is 5.07. The molecule has 3 rings (SSSR count). The summed E-state index contributed by atoms with van der Waals surface area (Å²) in [6.07, 6.45) is 2.78. The first-order valence-electron chi connectivity index (χ1n) is 9.06. The fourth-order valence-corrected chi connectivity index (χ4v) is 3.95. The molecule has 0 atom stereocenters. The van der Waals surface area contributed by atoms with Gasteiger partial charge in [0.1, 0.15) is 0 Å². The molecule has 3 amide bonds. The van der Waals surface area contributed by atoms with Crippen molar-refractivity contribution in [2.75, 3.05) is 10.6 Å². The highest BCUT2D eigenvalue weighted by atomic mass is 32.1. The van der Waals surface area contributed by atoms with Gasteiger partial charge in [-0.1, -0.05) is 24.5 Å². The van der Waals surface area contributed by atoms with E-state index >= 15 is 0 Å². The molecule has 2 aromatic rings. The van der Waals surface area contributed by atoms with Crippen LogP contribution in [-0.2, 0) is 6.54 Å².